The first-order valence-corrected chi connectivity index (χ1v) is 6.72. The second kappa shape index (κ2) is 6.93. The van der Waals surface area contributed by atoms with E-state index < -0.39 is 0 Å². The predicted octanol–water partition coefficient (Wildman–Crippen LogP) is 3.02. The Morgan fingerprint density at radius 3 is 2.60 bits per heavy atom. The number of guanidine groups is 1. The molecule has 4 N–H and O–H groups in total. The Kier molecular flexibility index (Phi) is 4.97. The number of nitrogens with two attached hydrogens (primary N) is 1. The fourth-order valence-corrected chi connectivity index (χ4v) is 2.09. The molecule has 104 valence electrons. The van der Waals surface area contributed by atoms with E-state index in [0.717, 1.165) is 21.6 Å². The third kappa shape index (κ3) is 3.97. The lowest BCUT2D eigenvalue weighted by atomic mass is 10.3. The molecule has 0 aromatic heterocycles. The molecule has 0 saturated heterocycles. The van der Waals surface area contributed by atoms with E-state index in [1.165, 1.54) is 0 Å². The minimum Gasteiger partial charge on any atom is -0.497 e. The van der Waals surface area contributed by atoms with Crippen LogP contribution in [0.4, 0.5) is 11.4 Å². The van der Waals surface area contributed by atoms with Crippen molar-refractivity contribution >= 4 is 33.3 Å². The first-order valence-electron chi connectivity index (χ1n) is 5.93. The zero-order valence-electron chi connectivity index (χ0n) is 10.9. The van der Waals surface area contributed by atoms with Gasteiger partial charge in [0.2, 0.25) is 5.96 Å². The number of ether oxygens (including phenoxy) is 1. The van der Waals surface area contributed by atoms with Gasteiger partial charge in [-0.15, -0.1) is 0 Å². The molecule has 0 radical (unpaired) electrons. The number of nitrogens with zero attached hydrogens (tertiary/aromatic N) is 1. The molecule has 0 fully saturated rings. The van der Waals surface area contributed by atoms with Gasteiger partial charge in [-0.2, -0.15) is 0 Å². The Balaban J connectivity index is 2.22. The van der Waals surface area contributed by atoms with E-state index in [9.17, 15) is 0 Å². The topological polar surface area (TPSA) is 71.7 Å². The highest BCUT2D eigenvalue weighted by molar-refractivity contribution is 9.10. The number of methoxy groups -OCH3 is 1. The van der Waals surface area contributed by atoms with Crippen LogP contribution in [0.1, 0.15) is 0 Å². The molecule has 2 aromatic rings. The van der Waals surface area contributed by atoms with Crippen molar-refractivity contribution in [3.8, 4) is 5.75 Å². The molecule has 0 spiro atoms. The number of para-hydroxylation sites is 1. The number of hydrogen-bond donors (Lipinski definition) is 3. The van der Waals surface area contributed by atoms with Crippen LogP contribution in [-0.4, -0.2) is 13.1 Å². The van der Waals surface area contributed by atoms with Crippen LogP contribution >= 0.6 is 15.9 Å². The second-order valence-electron chi connectivity index (χ2n) is 3.95. The summed E-state index contributed by atoms with van der Waals surface area (Å²) in [5.41, 5.74) is 4.15. The van der Waals surface area contributed by atoms with Gasteiger partial charge >= 0.3 is 0 Å². The molecular formula is C14H15BrN4O. The lowest BCUT2D eigenvalue weighted by Crippen LogP contribution is -2.35. The molecule has 20 heavy (non-hydrogen) atoms. The van der Waals surface area contributed by atoms with Gasteiger partial charge in [-0.3, -0.25) is 5.43 Å². The highest BCUT2D eigenvalue weighted by Crippen LogP contribution is 2.24. The van der Waals surface area contributed by atoms with E-state index in [4.69, 9.17) is 10.6 Å². The zero-order valence-corrected chi connectivity index (χ0v) is 12.5. The monoisotopic (exact) mass is 334 g/mol. The van der Waals surface area contributed by atoms with Crippen molar-refractivity contribution in [3.63, 3.8) is 0 Å². The maximum absolute atomic E-state index is 5.49. The van der Waals surface area contributed by atoms with Crippen LogP contribution < -0.4 is 21.3 Å². The summed E-state index contributed by atoms with van der Waals surface area (Å²) in [5, 5.41) is 3.10. The highest BCUT2D eigenvalue weighted by Gasteiger charge is 2.02. The quantitative estimate of drug-likeness (QED) is 0.349. The van der Waals surface area contributed by atoms with E-state index in [0.29, 0.717) is 5.96 Å². The number of hydrazine groups is 1. The molecule has 0 bridgehead atoms. The van der Waals surface area contributed by atoms with Crippen molar-refractivity contribution in [2.45, 2.75) is 0 Å². The summed E-state index contributed by atoms with van der Waals surface area (Å²) < 4.78 is 6.11. The Hall–Kier alpha value is -2.05. The Bertz CT molecular complexity index is 601. The normalized spacial score (nSPS) is 11.1. The van der Waals surface area contributed by atoms with Crippen LogP contribution in [0.5, 0.6) is 5.75 Å². The summed E-state index contributed by atoms with van der Waals surface area (Å²) in [7, 11) is 1.62. The molecule has 6 heteroatoms. The summed E-state index contributed by atoms with van der Waals surface area (Å²) in [6.45, 7) is 0. The lowest BCUT2D eigenvalue weighted by molar-refractivity contribution is 0.415. The van der Waals surface area contributed by atoms with Crippen molar-refractivity contribution in [2.75, 3.05) is 12.4 Å². The minimum atomic E-state index is 0.441. The van der Waals surface area contributed by atoms with E-state index >= 15 is 0 Å². The molecular weight excluding hydrogens is 320 g/mol. The summed E-state index contributed by atoms with van der Waals surface area (Å²) in [5.74, 6) is 6.67. The van der Waals surface area contributed by atoms with Crippen molar-refractivity contribution in [1.29, 1.82) is 0 Å². The van der Waals surface area contributed by atoms with Crippen molar-refractivity contribution < 1.29 is 4.74 Å². The molecule has 0 amide bonds. The third-order valence-corrected chi connectivity index (χ3v) is 2.96. The number of aliphatic imine (C=N–C) groups is 1. The molecule has 0 heterocycles. The molecule has 0 aliphatic carbocycles. The average Bonchev–Trinajstić information content (AvgIpc) is 2.47. The Morgan fingerprint density at radius 2 is 1.95 bits per heavy atom. The van der Waals surface area contributed by atoms with Crippen LogP contribution in [0, 0.1) is 0 Å². The number of benzene rings is 2. The average molecular weight is 335 g/mol. The maximum atomic E-state index is 5.49. The summed E-state index contributed by atoms with van der Waals surface area (Å²) in [6, 6.07) is 15.2. The minimum absolute atomic E-state index is 0.441. The summed E-state index contributed by atoms with van der Waals surface area (Å²) in [4.78, 5) is 4.37. The first kappa shape index (κ1) is 14.4. The largest absolute Gasteiger partial charge is 0.497 e. The van der Waals surface area contributed by atoms with Crippen molar-refractivity contribution in [3.05, 3.63) is 53.0 Å². The number of hydrogen-bond acceptors (Lipinski definition) is 3. The zero-order chi connectivity index (χ0) is 14.4. The van der Waals surface area contributed by atoms with Crippen LogP contribution in [0.3, 0.4) is 0 Å². The van der Waals surface area contributed by atoms with Gasteiger partial charge in [-0.05, 0) is 24.3 Å². The maximum Gasteiger partial charge on any atom is 0.215 e. The summed E-state index contributed by atoms with van der Waals surface area (Å²) >= 11 is 3.42. The highest BCUT2D eigenvalue weighted by atomic mass is 79.9. The molecule has 0 aliphatic rings. The Morgan fingerprint density at radius 1 is 1.20 bits per heavy atom. The summed E-state index contributed by atoms with van der Waals surface area (Å²) in [6.07, 6.45) is 0. The van der Waals surface area contributed by atoms with Crippen molar-refractivity contribution in [2.24, 2.45) is 10.8 Å². The van der Waals surface area contributed by atoms with Gasteiger partial charge in [0.1, 0.15) is 5.75 Å². The predicted molar refractivity (Wildman–Crippen MR) is 85.2 cm³/mol. The molecule has 5 nitrogen and oxygen atoms in total. The number of nitrogens with one attached hydrogen (secondary N) is 2. The van der Waals surface area contributed by atoms with Crippen LogP contribution in [0.2, 0.25) is 0 Å². The van der Waals surface area contributed by atoms with Gasteiger partial charge in [0, 0.05) is 16.2 Å². The molecule has 0 aliphatic heterocycles. The number of rotatable bonds is 3. The van der Waals surface area contributed by atoms with Gasteiger partial charge in [0.05, 0.1) is 12.8 Å². The number of halogens is 1. The van der Waals surface area contributed by atoms with E-state index in [2.05, 4.69) is 31.7 Å². The second-order valence-corrected chi connectivity index (χ2v) is 4.86. The first-order chi connectivity index (χ1) is 9.71. The SMILES string of the molecule is COc1cc(Br)cc(NC(=Nc2ccccc2)NN)c1. The van der Waals surface area contributed by atoms with E-state index in [-0.39, 0.29) is 0 Å². The third-order valence-electron chi connectivity index (χ3n) is 2.50. The van der Waals surface area contributed by atoms with Gasteiger partial charge in [-0.1, -0.05) is 34.1 Å². The number of anilines is 1. The van der Waals surface area contributed by atoms with Crippen LogP contribution in [0.25, 0.3) is 0 Å². The Labute approximate surface area is 126 Å². The van der Waals surface area contributed by atoms with E-state index in [1.807, 2.05) is 48.5 Å². The van der Waals surface area contributed by atoms with Gasteiger partial charge in [0.15, 0.2) is 0 Å². The van der Waals surface area contributed by atoms with Crippen LogP contribution in [0.15, 0.2) is 58.0 Å². The van der Waals surface area contributed by atoms with E-state index in [1.54, 1.807) is 7.11 Å². The van der Waals surface area contributed by atoms with Gasteiger partial charge < -0.3 is 10.1 Å². The molecule has 0 unspecified atom stereocenters. The fraction of sp³-hybridized carbons (Fsp3) is 0.0714. The van der Waals surface area contributed by atoms with Gasteiger partial charge in [0.25, 0.3) is 0 Å². The van der Waals surface area contributed by atoms with Gasteiger partial charge in [-0.25, -0.2) is 10.8 Å². The fourth-order valence-electron chi connectivity index (χ4n) is 1.62. The van der Waals surface area contributed by atoms with Crippen LogP contribution in [-0.2, 0) is 0 Å². The smallest absolute Gasteiger partial charge is 0.215 e. The standard InChI is InChI=1S/C14H15BrN4O/c1-20-13-8-10(15)7-12(9-13)18-14(19-16)17-11-5-3-2-4-6-11/h2-9H,16H2,1H3,(H2,17,18,19). The molecule has 0 saturated carbocycles. The molecule has 2 aromatic carbocycles. The molecule has 2 rings (SSSR count). The molecule has 0 atom stereocenters. The lowest BCUT2D eigenvalue weighted by Gasteiger charge is -2.11. The van der Waals surface area contributed by atoms with Crippen molar-refractivity contribution in [1.82, 2.24) is 5.43 Å².